The monoisotopic (exact) mass is 319 g/mol. The van der Waals surface area contributed by atoms with Crippen molar-refractivity contribution in [3.8, 4) is 5.75 Å². The molecule has 0 spiro atoms. The lowest BCUT2D eigenvalue weighted by Gasteiger charge is -2.08. The van der Waals surface area contributed by atoms with Gasteiger partial charge in [-0.05, 0) is 18.2 Å². The molecular formula is C12H9ClF3N3O2. The fraction of sp³-hybridized carbons (Fsp3) is 0.250. The zero-order chi connectivity index (χ0) is 15.6. The fourth-order valence-electron chi connectivity index (χ4n) is 1.67. The average molecular weight is 320 g/mol. The number of ether oxygens (including phenoxy) is 1. The van der Waals surface area contributed by atoms with E-state index in [0.717, 1.165) is 10.9 Å². The number of benzene rings is 1. The maximum Gasteiger partial charge on any atom is 0.456 e. The van der Waals surface area contributed by atoms with Crippen molar-refractivity contribution in [1.29, 1.82) is 0 Å². The first kappa shape index (κ1) is 15.3. The lowest BCUT2D eigenvalue weighted by molar-refractivity contribution is -0.0888. The molecule has 1 aromatic carbocycles. The highest BCUT2D eigenvalue weighted by molar-refractivity contribution is 6.30. The number of rotatable bonds is 4. The van der Waals surface area contributed by atoms with E-state index in [1.807, 2.05) is 0 Å². The Morgan fingerprint density at radius 1 is 1.43 bits per heavy atom. The van der Waals surface area contributed by atoms with Crippen molar-refractivity contribution >= 4 is 17.4 Å². The molecule has 0 unspecified atom stereocenters. The first-order chi connectivity index (χ1) is 9.81. The summed E-state index contributed by atoms with van der Waals surface area (Å²) in [6.45, 7) is 0.0713. The number of hydrogen-bond donors (Lipinski definition) is 0. The summed E-state index contributed by atoms with van der Waals surface area (Å²) in [6.07, 6.45) is -4.05. The van der Waals surface area contributed by atoms with E-state index in [4.69, 9.17) is 16.3 Å². The van der Waals surface area contributed by atoms with Crippen LogP contribution in [0.3, 0.4) is 0 Å². The molecule has 1 aromatic heterocycles. The Labute approximate surface area is 122 Å². The second-order valence-electron chi connectivity index (χ2n) is 4.08. The normalized spacial score (nSPS) is 11.5. The highest BCUT2D eigenvalue weighted by Gasteiger charge is 2.41. The van der Waals surface area contributed by atoms with Crippen LogP contribution in [0.15, 0.2) is 24.4 Å². The van der Waals surface area contributed by atoms with E-state index < -0.39 is 17.7 Å². The van der Waals surface area contributed by atoms with E-state index in [2.05, 4.69) is 10.3 Å². The molecule has 21 heavy (non-hydrogen) atoms. The van der Waals surface area contributed by atoms with Gasteiger partial charge in [-0.25, -0.2) is 4.68 Å². The number of nitrogens with zero attached hydrogens (tertiary/aromatic N) is 3. The molecule has 0 fully saturated rings. The van der Waals surface area contributed by atoms with Gasteiger partial charge in [-0.15, -0.1) is 5.10 Å². The van der Waals surface area contributed by atoms with Crippen LogP contribution >= 0.6 is 11.6 Å². The van der Waals surface area contributed by atoms with Gasteiger partial charge in [0.05, 0.1) is 19.9 Å². The minimum Gasteiger partial charge on any atom is -0.496 e. The number of aromatic nitrogens is 3. The van der Waals surface area contributed by atoms with Gasteiger partial charge >= 0.3 is 6.18 Å². The Bertz CT molecular complexity index is 670. The van der Waals surface area contributed by atoms with Gasteiger partial charge in [-0.1, -0.05) is 16.8 Å². The number of carbonyl (C=O) groups is 1. The van der Waals surface area contributed by atoms with E-state index >= 15 is 0 Å². The lowest BCUT2D eigenvalue weighted by atomic mass is 10.2. The van der Waals surface area contributed by atoms with Crippen LogP contribution in [-0.2, 0) is 6.54 Å². The molecule has 0 N–H and O–H groups in total. The molecule has 0 saturated heterocycles. The summed E-state index contributed by atoms with van der Waals surface area (Å²) in [5.74, 6) is -1.54. The predicted octanol–water partition coefficient (Wildman–Crippen LogP) is 2.73. The lowest BCUT2D eigenvalue weighted by Crippen LogP contribution is -2.23. The van der Waals surface area contributed by atoms with Gasteiger partial charge in [0.15, 0.2) is 5.69 Å². The smallest absolute Gasteiger partial charge is 0.456 e. The second kappa shape index (κ2) is 5.72. The molecule has 0 saturated carbocycles. The van der Waals surface area contributed by atoms with Crippen molar-refractivity contribution in [2.75, 3.05) is 7.11 Å². The predicted molar refractivity (Wildman–Crippen MR) is 67.5 cm³/mol. The molecule has 9 heteroatoms. The van der Waals surface area contributed by atoms with Crippen molar-refractivity contribution in [3.05, 3.63) is 40.7 Å². The number of Topliss-reactive ketones (excluding diaryl/α,β-unsaturated/α-hetero) is 1. The molecule has 2 aromatic rings. The SMILES string of the molecule is COc1ccc(Cl)cc1Cn1cc(C(=O)C(F)(F)F)nn1. The molecule has 112 valence electrons. The molecule has 0 atom stereocenters. The van der Waals surface area contributed by atoms with Gasteiger partial charge in [-0.2, -0.15) is 13.2 Å². The number of alkyl halides is 3. The van der Waals surface area contributed by atoms with Gasteiger partial charge in [0.2, 0.25) is 0 Å². The van der Waals surface area contributed by atoms with Gasteiger partial charge in [0.1, 0.15) is 5.75 Å². The topological polar surface area (TPSA) is 57.0 Å². The zero-order valence-electron chi connectivity index (χ0n) is 10.7. The Balaban J connectivity index is 2.24. The van der Waals surface area contributed by atoms with Gasteiger partial charge < -0.3 is 4.74 Å². The van der Waals surface area contributed by atoms with E-state index in [-0.39, 0.29) is 6.54 Å². The van der Waals surface area contributed by atoms with Crippen LogP contribution in [0.2, 0.25) is 5.02 Å². The van der Waals surface area contributed by atoms with Crippen LogP contribution < -0.4 is 4.74 Å². The second-order valence-corrected chi connectivity index (χ2v) is 4.52. The van der Waals surface area contributed by atoms with Crippen LogP contribution in [0.25, 0.3) is 0 Å². The number of hydrogen-bond acceptors (Lipinski definition) is 4. The standard InChI is InChI=1S/C12H9ClF3N3O2/c1-21-10-3-2-8(13)4-7(10)5-19-6-9(17-18-19)11(20)12(14,15)16/h2-4,6H,5H2,1H3. The van der Waals surface area contributed by atoms with Crippen LogP contribution in [0.5, 0.6) is 5.75 Å². The Kier molecular flexibility index (Phi) is 4.17. The van der Waals surface area contributed by atoms with Crippen molar-refractivity contribution in [2.45, 2.75) is 12.7 Å². The van der Waals surface area contributed by atoms with E-state index in [1.165, 1.54) is 7.11 Å². The van der Waals surface area contributed by atoms with E-state index in [1.54, 1.807) is 18.2 Å². The maximum absolute atomic E-state index is 12.3. The summed E-state index contributed by atoms with van der Waals surface area (Å²) >= 11 is 5.85. The third kappa shape index (κ3) is 3.52. The molecular weight excluding hydrogens is 311 g/mol. The van der Waals surface area contributed by atoms with Crippen LogP contribution in [0.1, 0.15) is 16.1 Å². The van der Waals surface area contributed by atoms with Crippen molar-refractivity contribution in [1.82, 2.24) is 15.0 Å². The average Bonchev–Trinajstić information content (AvgIpc) is 2.85. The summed E-state index contributed by atoms with van der Waals surface area (Å²) < 4.78 is 43.1. The van der Waals surface area contributed by atoms with Crippen LogP contribution in [-0.4, -0.2) is 34.1 Å². The van der Waals surface area contributed by atoms with Gasteiger partial charge in [0, 0.05) is 10.6 Å². The number of ketones is 1. The first-order valence-electron chi connectivity index (χ1n) is 5.65. The van der Waals surface area contributed by atoms with Crippen LogP contribution in [0, 0.1) is 0 Å². The molecule has 0 aliphatic rings. The van der Waals surface area contributed by atoms with Crippen molar-refractivity contribution < 1.29 is 22.7 Å². The van der Waals surface area contributed by atoms with Crippen molar-refractivity contribution in [3.63, 3.8) is 0 Å². The number of carbonyl (C=O) groups excluding carboxylic acids is 1. The minimum atomic E-state index is -4.98. The maximum atomic E-state index is 12.3. The zero-order valence-corrected chi connectivity index (χ0v) is 11.4. The largest absolute Gasteiger partial charge is 0.496 e. The fourth-order valence-corrected chi connectivity index (χ4v) is 1.86. The summed E-state index contributed by atoms with van der Waals surface area (Å²) in [5.41, 5.74) is -0.163. The molecule has 0 bridgehead atoms. The number of halogens is 4. The summed E-state index contributed by atoms with van der Waals surface area (Å²) in [6, 6.07) is 4.83. The number of methoxy groups -OCH3 is 1. The molecule has 0 radical (unpaired) electrons. The first-order valence-corrected chi connectivity index (χ1v) is 6.03. The molecule has 0 aliphatic heterocycles. The summed E-state index contributed by atoms with van der Waals surface area (Å²) in [5, 5.41) is 7.17. The molecule has 2 rings (SSSR count). The third-order valence-electron chi connectivity index (χ3n) is 2.60. The van der Waals surface area contributed by atoms with Crippen molar-refractivity contribution in [2.24, 2.45) is 0 Å². The van der Waals surface area contributed by atoms with E-state index in [9.17, 15) is 18.0 Å². The molecule has 0 amide bonds. The highest BCUT2D eigenvalue weighted by atomic mass is 35.5. The highest BCUT2D eigenvalue weighted by Crippen LogP contribution is 2.24. The third-order valence-corrected chi connectivity index (χ3v) is 2.84. The summed E-state index contributed by atoms with van der Waals surface area (Å²) in [4.78, 5) is 11.0. The molecule has 0 aliphatic carbocycles. The molecule has 5 nitrogen and oxygen atoms in total. The molecule has 1 heterocycles. The Morgan fingerprint density at radius 3 is 2.76 bits per heavy atom. The summed E-state index contributed by atoms with van der Waals surface area (Å²) in [7, 11) is 1.45. The quantitative estimate of drug-likeness (QED) is 0.813. The van der Waals surface area contributed by atoms with E-state index in [0.29, 0.717) is 16.3 Å². The minimum absolute atomic E-state index is 0.0713. The Morgan fingerprint density at radius 2 is 2.14 bits per heavy atom. The Hall–Kier alpha value is -2.09. The van der Waals surface area contributed by atoms with Gasteiger partial charge in [0.25, 0.3) is 5.78 Å². The van der Waals surface area contributed by atoms with Gasteiger partial charge in [-0.3, -0.25) is 4.79 Å². The van der Waals surface area contributed by atoms with Crippen LogP contribution in [0.4, 0.5) is 13.2 Å².